The van der Waals surface area contributed by atoms with Crippen molar-refractivity contribution in [3.63, 3.8) is 0 Å². The molecule has 0 atom stereocenters. The highest BCUT2D eigenvalue weighted by Gasteiger charge is 1.97. The summed E-state index contributed by atoms with van der Waals surface area (Å²) in [6.45, 7) is 4.44. The molecular weight excluding hydrogens is 320 g/mol. The van der Waals surface area contributed by atoms with Gasteiger partial charge in [-0.2, -0.15) is 0 Å². The average molecular weight is 357 g/mol. The molecule has 26 heavy (non-hydrogen) atoms. The molecule has 0 amide bonds. The van der Waals surface area contributed by atoms with Crippen LogP contribution < -0.4 is 0 Å². The van der Waals surface area contributed by atoms with Crippen LogP contribution in [0.4, 0.5) is 0 Å². The zero-order valence-electron chi connectivity index (χ0n) is 16.6. The van der Waals surface area contributed by atoms with E-state index in [4.69, 9.17) is 4.74 Å². The summed E-state index contributed by atoms with van der Waals surface area (Å²) in [4.78, 5) is 11.1. The fourth-order valence-corrected chi connectivity index (χ4v) is 2.07. The number of carbonyl (C=O) groups is 1. The maximum absolute atomic E-state index is 11.1. The van der Waals surface area contributed by atoms with Gasteiger partial charge in [0.1, 0.15) is 0 Å². The van der Waals surface area contributed by atoms with Crippen LogP contribution in [0.3, 0.4) is 0 Å². The fourth-order valence-electron chi connectivity index (χ4n) is 2.07. The van der Waals surface area contributed by atoms with Crippen LogP contribution in [0.25, 0.3) is 0 Å². The van der Waals surface area contributed by atoms with Gasteiger partial charge in [0, 0.05) is 6.42 Å². The zero-order chi connectivity index (χ0) is 19.1. The van der Waals surface area contributed by atoms with Gasteiger partial charge in [0.15, 0.2) is 0 Å². The maximum atomic E-state index is 11.1. The quantitative estimate of drug-likeness (QED) is 0.232. The molecule has 0 unspecified atom stereocenters. The van der Waals surface area contributed by atoms with E-state index in [-0.39, 0.29) is 5.97 Å². The number of hydrogen-bond donors (Lipinski definition) is 0. The van der Waals surface area contributed by atoms with E-state index in [0.717, 1.165) is 44.9 Å². The second-order valence-corrected chi connectivity index (χ2v) is 5.76. The first kappa shape index (κ1) is 23.9. The molecule has 2 heteroatoms. The van der Waals surface area contributed by atoms with Gasteiger partial charge in [-0.3, -0.25) is 4.79 Å². The van der Waals surface area contributed by atoms with Crippen molar-refractivity contribution in [1.82, 2.24) is 0 Å². The van der Waals surface area contributed by atoms with E-state index in [2.05, 4.69) is 73.8 Å². The number of rotatable bonds is 15. The predicted molar refractivity (Wildman–Crippen MR) is 114 cm³/mol. The third kappa shape index (κ3) is 20.0. The highest BCUT2D eigenvalue weighted by atomic mass is 16.5. The normalized spacial score (nSPS) is 12.8. The monoisotopic (exact) mass is 356 g/mol. The van der Waals surface area contributed by atoms with E-state index in [9.17, 15) is 4.79 Å². The van der Waals surface area contributed by atoms with Gasteiger partial charge in [0.2, 0.25) is 0 Å². The molecule has 0 aromatic rings. The van der Waals surface area contributed by atoms with E-state index in [1.54, 1.807) is 0 Å². The lowest BCUT2D eigenvalue weighted by molar-refractivity contribution is -0.142. The number of carbonyl (C=O) groups excluding carboxylic acids is 1. The smallest absolute Gasteiger partial charge is 0.306 e. The van der Waals surface area contributed by atoms with E-state index in [1.807, 2.05) is 13.0 Å². The van der Waals surface area contributed by atoms with Crippen LogP contribution in [0.5, 0.6) is 0 Å². The first-order chi connectivity index (χ1) is 12.8. The molecule has 0 aliphatic heterocycles. The molecule has 0 rings (SSSR count). The minimum atomic E-state index is -0.118. The molecule has 0 aliphatic carbocycles. The van der Waals surface area contributed by atoms with Crippen molar-refractivity contribution in [2.45, 2.75) is 65.2 Å². The summed E-state index contributed by atoms with van der Waals surface area (Å²) in [6, 6.07) is 0. The Morgan fingerprint density at radius 3 is 1.38 bits per heavy atom. The van der Waals surface area contributed by atoms with Crippen molar-refractivity contribution in [2.24, 2.45) is 0 Å². The van der Waals surface area contributed by atoms with Crippen LogP contribution in [-0.2, 0) is 9.53 Å². The maximum Gasteiger partial charge on any atom is 0.306 e. The van der Waals surface area contributed by atoms with Gasteiger partial charge in [0.05, 0.1) is 6.61 Å². The van der Waals surface area contributed by atoms with Crippen molar-refractivity contribution >= 4 is 5.97 Å². The largest absolute Gasteiger partial charge is 0.466 e. The lowest BCUT2D eigenvalue weighted by Gasteiger charge is -1.97. The summed E-state index contributed by atoms with van der Waals surface area (Å²) in [5.41, 5.74) is 0. The Kier molecular flexibility index (Phi) is 19.3. The minimum Gasteiger partial charge on any atom is -0.466 e. The molecule has 0 N–H and O–H groups in total. The van der Waals surface area contributed by atoms with Gasteiger partial charge >= 0.3 is 5.97 Å². The van der Waals surface area contributed by atoms with Crippen LogP contribution in [-0.4, -0.2) is 12.6 Å². The second kappa shape index (κ2) is 21.0. The lowest BCUT2D eigenvalue weighted by Crippen LogP contribution is -2.02. The Balaban J connectivity index is 3.54. The van der Waals surface area contributed by atoms with Gasteiger partial charge in [-0.15, -0.1) is 0 Å². The van der Waals surface area contributed by atoms with E-state index < -0.39 is 0 Å². The van der Waals surface area contributed by atoms with E-state index >= 15 is 0 Å². The summed E-state index contributed by atoms with van der Waals surface area (Å²) >= 11 is 0. The SMILES string of the molecule is CC/C=C/C/C=C/C/C=C\C/C=C/C/C=C/C/C=C\CCC(=O)OCC. The molecule has 0 radical (unpaired) electrons. The molecule has 144 valence electrons. The van der Waals surface area contributed by atoms with Crippen LogP contribution in [0.1, 0.15) is 65.2 Å². The summed E-state index contributed by atoms with van der Waals surface area (Å²) in [5.74, 6) is -0.118. The first-order valence-electron chi connectivity index (χ1n) is 9.86. The third-order valence-corrected chi connectivity index (χ3v) is 3.42. The molecule has 0 aromatic heterocycles. The van der Waals surface area contributed by atoms with Gasteiger partial charge in [-0.05, 0) is 51.9 Å². The summed E-state index contributed by atoms with van der Waals surface area (Å²) in [6.07, 6.45) is 33.3. The van der Waals surface area contributed by atoms with Gasteiger partial charge in [0.25, 0.3) is 0 Å². The molecule has 0 saturated carbocycles. The molecule has 0 fully saturated rings. The highest BCUT2D eigenvalue weighted by molar-refractivity contribution is 5.69. The lowest BCUT2D eigenvalue weighted by atomic mass is 10.2. The fraction of sp³-hybridized carbons (Fsp3) is 0.458. The Labute approximate surface area is 160 Å². The van der Waals surface area contributed by atoms with Crippen molar-refractivity contribution in [3.05, 3.63) is 72.9 Å². The molecule has 0 bridgehead atoms. The molecule has 0 spiro atoms. The van der Waals surface area contributed by atoms with Crippen molar-refractivity contribution in [3.8, 4) is 0 Å². The van der Waals surface area contributed by atoms with Gasteiger partial charge in [-0.25, -0.2) is 0 Å². The predicted octanol–water partition coefficient (Wildman–Crippen LogP) is 7.03. The molecule has 0 aliphatic rings. The van der Waals surface area contributed by atoms with E-state index in [0.29, 0.717) is 13.0 Å². The van der Waals surface area contributed by atoms with Gasteiger partial charge in [-0.1, -0.05) is 79.8 Å². The van der Waals surface area contributed by atoms with Crippen LogP contribution in [0.15, 0.2) is 72.9 Å². The first-order valence-corrected chi connectivity index (χ1v) is 9.86. The summed E-state index contributed by atoms with van der Waals surface area (Å²) < 4.78 is 4.87. The zero-order valence-corrected chi connectivity index (χ0v) is 16.6. The van der Waals surface area contributed by atoms with Crippen molar-refractivity contribution < 1.29 is 9.53 Å². The van der Waals surface area contributed by atoms with Crippen LogP contribution >= 0.6 is 0 Å². The number of esters is 1. The average Bonchev–Trinajstić information content (AvgIpc) is 2.64. The number of ether oxygens (including phenoxy) is 1. The molecule has 2 nitrogen and oxygen atoms in total. The molecule has 0 saturated heterocycles. The van der Waals surface area contributed by atoms with Crippen molar-refractivity contribution in [2.75, 3.05) is 6.61 Å². The number of hydrogen-bond acceptors (Lipinski definition) is 2. The Bertz CT molecular complexity index is 490. The standard InChI is InChI=1S/C24H36O2/c1-3-5-6-7-8-9-10-11-12-13-14-15-16-17-18-19-20-21-22-23-24(25)26-4-2/h5-6,8-9,11-12,14-15,17-18,20-21H,3-4,7,10,13,16,19,22-23H2,1-2H3/b6-5+,9-8+,12-11-,15-14+,18-17+,21-20-. The molecule has 0 heterocycles. The van der Waals surface area contributed by atoms with Crippen LogP contribution in [0.2, 0.25) is 0 Å². The Morgan fingerprint density at radius 2 is 1.00 bits per heavy atom. The van der Waals surface area contributed by atoms with E-state index in [1.165, 1.54) is 0 Å². The van der Waals surface area contributed by atoms with Crippen molar-refractivity contribution in [1.29, 1.82) is 0 Å². The summed E-state index contributed by atoms with van der Waals surface area (Å²) in [5, 5.41) is 0. The Morgan fingerprint density at radius 1 is 0.615 bits per heavy atom. The second-order valence-electron chi connectivity index (χ2n) is 5.76. The third-order valence-electron chi connectivity index (χ3n) is 3.42. The highest BCUT2D eigenvalue weighted by Crippen LogP contribution is 1.98. The Hall–Kier alpha value is -2.09. The number of allylic oxidation sites excluding steroid dienone is 12. The minimum absolute atomic E-state index is 0.118. The summed E-state index contributed by atoms with van der Waals surface area (Å²) in [7, 11) is 0. The molecular formula is C24H36O2. The topological polar surface area (TPSA) is 26.3 Å². The molecule has 0 aromatic carbocycles. The van der Waals surface area contributed by atoms with Gasteiger partial charge < -0.3 is 4.74 Å². The van der Waals surface area contributed by atoms with Crippen LogP contribution in [0, 0.1) is 0 Å².